The first-order valence-electron chi connectivity index (χ1n) is 9.93. The highest BCUT2D eigenvalue weighted by atomic mass is 32.1. The summed E-state index contributed by atoms with van der Waals surface area (Å²) in [5.41, 5.74) is 8.68. The first-order valence-corrected chi connectivity index (χ1v) is 10.7. The number of anilines is 2. The molecule has 3 aromatic rings. The van der Waals surface area contributed by atoms with E-state index in [1.54, 1.807) is 0 Å². The Morgan fingerprint density at radius 2 is 1.93 bits per heavy atom. The number of amides is 1. The van der Waals surface area contributed by atoms with Crippen molar-refractivity contribution in [3.05, 3.63) is 48.0 Å². The minimum Gasteiger partial charge on any atom is -0.456 e. The Morgan fingerprint density at radius 3 is 2.62 bits per heavy atom. The lowest BCUT2D eigenvalue weighted by molar-refractivity contribution is -0.120. The average Bonchev–Trinajstić information content (AvgIpc) is 3.49. The van der Waals surface area contributed by atoms with Crippen LogP contribution in [0.5, 0.6) is 11.5 Å². The second-order valence-electron chi connectivity index (χ2n) is 7.67. The highest BCUT2D eigenvalue weighted by Gasteiger charge is 2.39. The zero-order chi connectivity index (χ0) is 20.0. The second kappa shape index (κ2) is 7.15. The Kier molecular flexibility index (Phi) is 4.47. The summed E-state index contributed by atoms with van der Waals surface area (Å²) in [7, 11) is 0. The van der Waals surface area contributed by atoms with Crippen molar-refractivity contribution in [2.45, 2.75) is 38.6 Å². The maximum absolute atomic E-state index is 13.0. The summed E-state index contributed by atoms with van der Waals surface area (Å²) < 4.78 is 6.37. The number of carbonyl (C=O) groups is 1. The van der Waals surface area contributed by atoms with E-state index in [4.69, 9.17) is 10.5 Å². The van der Waals surface area contributed by atoms with Crippen LogP contribution in [0.2, 0.25) is 0 Å². The zero-order valence-electron chi connectivity index (χ0n) is 16.2. The summed E-state index contributed by atoms with van der Waals surface area (Å²) in [6, 6.07) is 13.9. The van der Waals surface area contributed by atoms with Gasteiger partial charge in [0.05, 0.1) is 11.3 Å². The zero-order valence-corrected chi connectivity index (χ0v) is 17.0. The van der Waals surface area contributed by atoms with Crippen molar-refractivity contribution in [2.75, 3.05) is 10.6 Å². The van der Waals surface area contributed by atoms with Gasteiger partial charge in [-0.25, -0.2) is 0 Å². The van der Waals surface area contributed by atoms with Crippen molar-refractivity contribution in [3.8, 4) is 22.1 Å². The van der Waals surface area contributed by atoms with Gasteiger partial charge in [-0.15, -0.1) is 10.2 Å². The smallest absolute Gasteiger partial charge is 0.230 e. The summed E-state index contributed by atoms with van der Waals surface area (Å²) in [4.78, 5) is 15.0. The van der Waals surface area contributed by atoms with E-state index >= 15 is 0 Å². The predicted molar refractivity (Wildman–Crippen MR) is 114 cm³/mol. The van der Waals surface area contributed by atoms with Crippen LogP contribution >= 0.6 is 11.3 Å². The van der Waals surface area contributed by atoms with E-state index < -0.39 is 0 Å². The van der Waals surface area contributed by atoms with Gasteiger partial charge in [-0.2, -0.15) is 0 Å². The van der Waals surface area contributed by atoms with Crippen LogP contribution in [0.4, 0.5) is 10.8 Å². The first kappa shape index (κ1) is 18.1. The van der Waals surface area contributed by atoms with Crippen LogP contribution in [-0.2, 0) is 11.2 Å². The average molecular weight is 407 g/mol. The number of hydrogen-bond donors (Lipinski definition) is 1. The van der Waals surface area contributed by atoms with E-state index in [0.717, 1.165) is 59.0 Å². The Bertz CT molecular complexity index is 1060. The molecule has 0 spiro atoms. The third kappa shape index (κ3) is 3.35. The molecule has 0 bridgehead atoms. The van der Waals surface area contributed by atoms with E-state index in [2.05, 4.69) is 17.1 Å². The fourth-order valence-corrected chi connectivity index (χ4v) is 4.53. The molecule has 1 aromatic heterocycles. The van der Waals surface area contributed by atoms with Crippen molar-refractivity contribution < 1.29 is 9.53 Å². The molecule has 1 aliphatic heterocycles. The monoisotopic (exact) mass is 406 g/mol. The maximum Gasteiger partial charge on any atom is 0.230 e. The Labute approximate surface area is 173 Å². The van der Waals surface area contributed by atoms with Crippen LogP contribution in [0.3, 0.4) is 0 Å². The summed E-state index contributed by atoms with van der Waals surface area (Å²) in [6.07, 6.45) is 3.73. The molecule has 1 unspecified atom stereocenters. The van der Waals surface area contributed by atoms with Crippen molar-refractivity contribution in [1.29, 1.82) is 0 Å². The van der Waals surface area contributed by atoms with Crippen LogP contribution in [-0.4, -0.2) is 22.1 Å². The molecule has 1 atom stereocenters. The van der Waals surface area contributed by atoms with Crippen molar-refractivity contribution in [1.82, 2.24) is 10.2 Å². The largest absolute Gasteiger partial charge is 0.456 e. The first-order chi connectivity index (χ1) is 14.1. The third-order valence-electron chi connectivity index (χ3n) is 5.55. The number of para-hydroxylation sites is 1. The number of ether oxygens (including phenoxy) is 1. The molecule has 0 radical (unpaired) electrons. The number of fused-ring (bicyclic) bond motifs is 1. The molecule has 7 heteroatoms. The maximum atomic E-state index is 13.0. The standard InChI is InChI=1S/C22H22N4O2S/c1-13-7-10-16-18(26(13)21(27)14-8-9-14)12-11-17(20-24-25-22(23)29-20)19(16)28-15-5-3-2-4-6-15/h2-6,11-14H,7-10H2,1H3,(H2,23,25). The molecule has 2 aliphatic rings. The Morgan fingerprint density at radius 1 is 1.14 bits per heavy atom. The predicted octanol–water partition coefficient (Wildman–Crippen LogP) is 4.66. The summed E-state index contributed by atoms with van der Waals surface area (Å²) in [5, 5.41) is 9.33. The second-order valence-corrected chi connectivity index (χ2v) is 8.68. The molecule has 1 fully saturated rings. The highest BCUT2D eigenvalue weighted by Crippen LogP contribution is 2.46. The molecule has 2 heterocycles. The molecule has 2 N–H and O–H groups in total. The van der Waals surface area contributed by atoms with Gasteiger partial charge in [0.25, 0.3) is 0 Å². The quantitative estimate of drug-likeness (QED) is 0.682. The molecule has 1 aliphatic carbocycles. The van der Waals surface area contributed by atoms with E-state index in [1.807, 2.05) is 47.4 Å². The number of carbonyl (C=O) groups excluding carboxylic acids is 1. The van der Waals surface area contributed by atoms with E-state index in [-0.39, 0.29) is 17.9 Å². The fourth-order valence-electron chi connectivity index (χ4n) is 3.90. The van der Waals surface area contributed by atoms with Crippen LogP contribution in [0.1, 0.15) is 31.7 Å². The van der Waals surface area contributed by atoms with Crippen LogP contribution in [0.25, 0.3) is 10.6 Å². The number of nitrogens with zero attached hydrogens (tertiary/aromatic N) is 3. The number of nitrogens with two attached hydrogens (primary N) is 1. The van der Waals surface area contributed by atoms with Gasteiger partial charge < -0.3 is 15.4 Å². The van der Waals surface area contributed by atoms with E-state index in [0.29, 0.717) is 5.13 Å². The lowest BCUT2D eigenvalue weighted by Crippen LogP contribution is -2.43. The summed E-state index contributed by atoms with van der Waals surface area (Å²) >= 11 is 1.33. The Hall–Kier alpha value is -2.93. The fraction of sp³-hybridized carbons (Fsp3) is 0.318. The van der Waals surface area contributed by atoms with Gasteiger partial charge in [-0.05, 0) is 56.9 Å². The number of hydrogen-bond acceptors (Lipinski definition) is 6. The van der Waals surface area contributed by atoms with Crippen molar-refractivity contribution >= 4 is 28.1 Å². The SMILES string of the molecule is CC1CCc2c(ccc(-c3nnc(N)s3)c2Oc2ccccc2)N1C(=O)C1CC1. The summed E-state index contributed by atoms with van der Waals surface area (Å²) in [5.74, 6) is 1.89. The van der Waals surface area contributed by atoms with Crippen LogP contribution in [0.15, 0.2) is 42.5 Å². The van der Waals surface area contributed by atoms with Crippen LogP contribution < -0.4 is 15.4 Å². The van der Waals surface area contributed by atoms with E-state index in [1.165, 1.54) is 11.3 Å². The minimum absolute atomic E-state index is 0.171. The van der Waals surface area contributed by atoms with Crippen LogP contribution in [0, 0.1) is 5.92 Å². The van der Waals surface area contributed by atoms with Gasteiger partial charge in [-0.3, -0.25) is 4.79 Å². The molecule has 0 saturated heterocycles. The van der Waals surface area contributed by atoms with Gasteiger partial charge in [0.15, 0.2) is 5.01 Å². The molecular formula is C22H22N4O2S. The normalized spacial score (nSPS) is 18.4. The summed E-state index contributed by atoms with van der Waals surface area (Å²) in [6.45, 7) is 2.13. The molecule has 2 aromatic carbocycles. The molecule has 6 nitrogen and oxygen atoms in total. The molecule has 29 heavy (non-hydrogen) atoms. The molecule has 1 amide bonds. The number of nitrogen functional groups attached to an aromatic ring is 1. The molecule has 148 valence electrons. The van der Waals surface area contributed by atoms with Gasteiger partial charge in [0.1, 0.15) is 11.5 Å². The molecule has 1 saturated carbocycles. The van der Waals surface area contributed by atoms with Crippen molar-refractivity contribution in [3.63, 3.8) is 0 Å². The number of rotatable bonds is 4. The lowest BCUT2D eigenvalue weighted by atomic mass is 9.93. The van der Waals surface area contributed by atoms with Gasteiger partial charge in [0, 0.05) is 17.5 Å². The minimum atomic E-state index is 0.171. The topological polar surface area (TPSA) is 81.3 Å². The number of aromatic nitrogens is 2. The molecular weight excluding hydrogens is 384 g/mol. The van der Waals surface area contributed by atoms with Gasteiger partial charge in [0.2, 0.25) is 11.0 Å². The molecule has 5 rings (SSSR count). The third-order valence-corrected chi connectivity index (χ3v) is 6.33. The van der Waals surface area contributed by atoms with Gasteiger partial charge >= 0.3 is 0 Å². The van der Waals surface area contributed by atoms with Crippen molar-refractivity contribution in [2.24, 2.45) is 5.92 Å². The Balaban J connectivity index is 1.65. The lowest BCUT2D eigenvalue weighted by Gasteiger charge is -2.36. The van der Waals surface area contributed by atoms with E-state index in [9.17, 15) is 4.79 Å². The number of benzene rings is 2. The highest BCUT2D eigenvalue weighted by molar-refractivity contribution is 7.18. The van der Waals surface area contributed by atoms with Gasteiger partial charge in [-0.1, -0.05) is 29.5 Å².